The molecular weight excluding hydrogens is 367 g/mol. The second kappa shape index (κ2) is 8.51. The van der Waals surface area contributed by atoms with E-state index in [4.69, 9.17) is 0 Å². The van der Waals surface area contributed by atoms with Gasteiger partial charge in [0.1, 0.15) is 6.23 Å². The predicted molar refractivity (Wildman–Crippen MR) is 104 cm³/mol. The lowest BCUT2D eigenvalue weighted by atomic mass is 9.93. The summed E-state index contributed by atoms with van der Waals surface area (Å²) in [4.78, 5) is 2.01. The summed E-state index contributed by atoms with van der Waals surface area (Å²) >= 11 is 0. The fourth-order valence-electron chi connectivity index (χ4n) is 3.58. The van der Waals surface area contributed by atoms with E-state index in [1.807, 2.05) is 43.3 Å². The van der Waals surface area contributed by atoms with Crippen LogP contribution in [0.2, 0.25) is 0 Å². The fraction of sp³-hybridized carbons (Fsp3) is 0.429. The van der Waals surface area contributed by atoms with Gasteiger partial charge < -0.3 is 15.3 Å². The summed E-state index contributed by atoms with van der Waals surface area (Å²) in [7, 11) is 3.94. The summed E-state index contributed by atoms with van der Waals surface area (Å²) in [6.07, 6.45) is -4.60. The quantitative estimate of drug-likeness (QED) is 0.661. The van der Waals surface area contributed by atoms with Crippen LogP contribution in [0.1, 0.15) is 22.6 Å². The van der Waals surface area contributed by atoms with Crippen LogP contribution >= 0.6 is 0 Å². The van der Waals surface area contributed by atoms with Gasteiger partial charge in [-0.2, -0.15) is 13.2 Å². The minimum Gasteiger partial charge on any atom is -0.378 e. The van der Waals surface area contributed by atoms with E-state index >= 15 is 0 Å². The molecule has 0 radical (unpaired) electrons. The van der Waals surface area contributed by atoms with E-state index in [0.29, 0.717) is 19.5 Å². The Hall–Kier alpha value is -2.09. The van der Waals surface area contributed by atoms with E-state index in [-0.39, 0.29) is 12.0 Å². The Morgan fingerprint density at radius 2 is 1.71 bits per heavy atom. The topological polar surface area (TPSA) is 47.5 Å². The first kappa shape index (κ1) is 20.6. The van der Waals surface area contributed by atoms with Crippen molar-refractivity contribution >= 4 is 5.69 Å². The molecule has 0 amide bonds. The molecule has 0 bridgehead atoms. The van der Waals surface area contributed by atoms with Crippen LogP contribution < -0.4 is 15.5 Å². The van der Waals surface area contributed by atoms with Crippen LogP contribution in [0.15, 0.2) is 48.5 Å². The maximum absolute atomic E-state index is 12.8. The molecule has 1 unspecified atom stereocenters. The first-order valence-corrected chi connectivity index (χ1v) is 9.32. The lowest BCUT2D eigenvalue weighted by molar-refractivity contribution is -0.137. The molecule has 1 fully saturated rings. The number of rotatable bonds is 6. The standard InChI is InChI=1S/C21H26F3N3O/c1-27(2)17-9-3-14(4-10-17)11-20(28)26-19-13-25-12-18(19)15-5-7-16(8-6-15)21(22,23)24/h3-10,18-20,25-26,28H,11-13H2,1-2H3/t18-,19+,20?/m0/s1. The summed E-state index contributed by atoms with van der Waals surface area (Å²) in [5, 5.41) is 16.9. The molecule has 28 heavy (non-hydrogen) atoms. The van der Waals surface area contributed by atoms with Gasteiger partial charge in [-0.15, -0.1) is 0 Å². The van der Waals surface area contributed by atoms with Gasteiger partial charge in [0.05, 0.1) is 5.56 Å². The van der Waals surface area contributed by atoms with Gasteiger partial charge in [0.2, 0.25) is 0 Å². The van der Waals surface area contributed by atoms with Gasteiger partial charge in [-0.25, -0.2) is 0 Å². The molecule has 1 heterocycles. The summed E-state index contributed by atoms with van der Waals surface area (Å²) in [5.74, 6) is 0.00745. The molecule has 3 rings (SSSR count). The van der Waals surface area contributed by atoms with Crippen LogP contribution in [0, 0.1) is 0 Å². The van der Waals surface area contributed by atoms with Crippen LogP contribution in [0.3, 0.4) is 0 Å². The molecule has 3 N–H and O–H groups in total. The molecule has 1 aliphatic heterocycles. The number of aliphatic hydroxyl groups excluding tert-OH is 1. The number of anilines is 1. The largest absolute Gasteiger partial charge is 0.416 e. The molecule has 2 aromatic carbocycles. The molecule has 152 valence electrons. The maximum Gasteiger partial charge on any atom is 0.416 e. The van der Waals surface area contributed by atoms with Crippen molar-refractivity contribution in [2.75, 3.05) is 32.1 Å². The summed E-state index contributed by atoms with van der Waals surface area (Å²) in [6, 6.07) is 13.2. The van der Waals surface area contributed by atoms with E-state index in [9.17, 15) is 18.3 Å². The number of alkyl halides is 3. The van der Waals surface area contributed by atoms with Crippen molar-refractivity contribution in [2.45, 2.75) is 30.8 Å². The monoisotopic (exact) mass is 393 g/mol. The third-order valence-corrected chi connectivity index (χ3v) is 5.17. The number of nitrogens with one attached hydrogen (secondary N) is 2. The molecule has 4 nitrogen and oxygen atoms in total. The van der Waals surface area contributed by atoms with Gasteiger partial charge in [-0.05, 0) is 35.4 Å². The molecule has 3 atom stereocenters. The van der Waals surface area contributed by atoms with Crippen molar-refractivity contribution in [2.24, 2.45) is 0 Å². The highest BCUT2D eigenvalue weighted by Gasteiger charge is 2.32. The van der Waals surface area contributed by atoms with Gasteiger partial charge in [0, 0.05) is 51.3 Å². The van der Waals surface area contributed by atoms with Crippen LogP contribution in [0.5, 0.6) is 0 Å². The van der Waals surface area contributed by atoms with E-state index in [2.05, 4.69) is 10.6 Å². The van der Waals surface area contributed by atoms with E-state index < -0.39 is 18.0 Å². The van der Waals surface area contributed by atoms with Crippen LogP contribution in [0.25, 0.3) is 0 Å². The third kappa shape index (κ3) is 5.04. The van der Waals surface area contributed by atoms with E-state index in [1.54, 1.807) is 0 Å². The Morgan fingerprint density at radius 3 is 2.29 bits per heavy atom. The molecule has 1 aliphatic rings. The molecule has 0 saturated carbocycles. The zero-order valence-electron chi connectivity index (χ0n) is 16.0. The Labute approximate surface area is 163 Å². The lowest BCUT2D eigenvalue weighted by Gasteiger charge is -2.24. The number of benzene rings is 2. The van der Waals surface area contributed by atoms with Gasteiger partial charge in [-0.1, -0.05) is 24.3 Å². The summed E-state index contributed by atoms with van der Waals surface area (Å²) < 4.78 is 38.3. The van der Waals surface area contributed by atoms with Gasteiger partial charge in [-0.3, -0.25) is 5.32 Å². The van der Waals surface area contributed by atoms with E-state index in [0.717, 1.165) is 28.9 Å². The molecule has 0 spiro atoms. The molecular formula is C21H26F3N3O. The lowest BCUT2D eigenvalue weighted by Crippen LogP contribution is -2.43. The molecule has 7 heteroatoms. The maximum atomic E-state index is 12.8. The minimum atomic E-state index is -4.33. The highest BCUT2D eigenvalue weighted by atomic mass is 19.4. The van der Waals surface area contributed by atoms with Gasteiger partial charge in [0.25, 0.3) is 0 Å². The summed E-state index contributed by atoms with van der Waals surface area (Å²) in [5.41, 5.74) is 2.29. The normalized spacial score (nSPS) is 20.9. The number of hydrogen-bond donors (Lipinski definition) is 3. The van der Waals surface area contributed by atoms with Crippen molar-refractivity contribution in [3.05, 3.63) is 65.2 Å². The number of halogens is 3. The second-order valence-corrected chi connectivity index (χ2v) is 7.44. The van der Waals surface area contributed by atoms with Crippen LogP contribution in [-0.4, -0.2) is 44.6 Å². The first-order chi connectivity index (χ1) is 13.2. The average Bonchev–Trinajstić information content (AvgIpc) is 3.09. The molecule has 2 aromatic rings. The summed E-state index contributed by atoms with van der Waals surface area (Å²) in [6.45, 7) is 1.32. The van der Waals surface area contributed by atoms with Crippen LogP contribution in [-0.2, 0) is 12.6 Å². The average molecular weight is 393 g/mol. The van der Waals surface area contributed by atoms with Crippen molar-refractivity contribution in [1.29, 1.82) is 0 Å². The third-order valence-electron chi connectivity index (χ3n) is 5.17. The fourth-order valence-corrected chi connectivity index (χ4v) is 3.58. The SMILES string of the molecule is CN(C)c1ccc(CC(O)N[C@@H]2CNC[C@H]2c2ccc(C(F)(F)F)cc2)cc1. The molecule has 1 saturated heterocycles. The Morgan fingerprint density at radius 1 is 1.07 bits per heavy atom. The van der Waals surface area contributed by atoms with Crippen molar-refractivity contribution < 1.29 is 18.3 Å². The van der Waals surface area contributed by atoms with Gasteiger partial charge >= 0.3 is 6.18 Å². The van der Waals surface area contributed by atoms with Crippen LogP contribution in [0.4, 0.5) is 18.9 Å². The first-order valence-electron chi connectivity index (χ1n) is 9.32. The Kier molecular flexibility index (Phi) is 6.27. The van der Waals surface area contributed by atoms with Crippen molar-refractivity contribution in [1.82, 2.24) is 10.6 Å². The highest BCUT2D eigenvalue weighted by molar-refractivity contribution is 5.46. The molecule has 0 aromatic heterocycles. The van der Waals surface area contributed by atoms with Crippen molar-refractivity contribution in [3.8, 4) is 0 Å². The zero-order chi connectivity index (χ0) is 20.3. The smallest absolute Gasteiger partial charge is 0.378 e. The number of nitrogens with zero attached hydrogens (tertiary/aromatic N) is 1. The molecule has 0 aliphatic carbocycles. The van der Waals surface area contributed by atoms with Gasteiger partial charge in [0.15, 0.2) is 0 Å². The number of aliphatic hydroxyl groups is 1. The Balaban J connectivity index is 1.61. The zero-order valence-corrected chi connectivity index (χ0v) is 16.0. The number of hydrogen-bond acceptors (Lipinski definition) is 4. The minimum absolute atomic E-state index is 0.00745. The Bertz CT molecular complexity index is 760. The van der Waals surface area contributed by atoms with Crippen molar-refractivity contribution in [3.63, 3.8) is 0 Å². The predicted octanol–water partition coefficient (Wildman–Crippen LogP) is 2.98. The second-order valence-electron chi connectivity index (χ2n) is 7.44. The van der Waals surface area contributed by atoms with E-state index in [1.165, 1.54) is 12.1 Å². The highest BCUT2D eigenvalue weighted by Crippen LogP contribution is 2.31.